The number of nitrogens with one attached hydrogen (secondary N) is 1. The fourth-order valence-electron chi connectivity index (χ4n) is 4.97. The highest BCUT2D eigenvalue weighted by molar-refractivity contribution is 6.42. The van der Waals surface area contributed by atoms with Crippen LogP contribution in [0.1, 0.15) is 49.9 Å². The fourth-order valence-corrected chi connectivity index (χ4v) is 5.13. The maximum atomic E-state index is 14.1. The summed E-state index contributed by atoms with van der Waals surface area (Å²) in [5, 5.41) is 3.22. The molecule has 0 saturated carbocycles. The number of urea groups is 1. The Labute approximate surface area is 266 Å². The second-order valence-electron chi connectivity index (χ2n) is 10.8. The highest BCUT2D eigenvalue weighted by atomic mass is 35.5. The number of rotatable bonds is 12. The summed E-state index contributed by atoms with van der Waals surface area (Å²) in [5.41, 5.74) is 1.14. The summed E-state index contributed by atoms with van der Waals surface area (Å²) in [7, 11) is 2.96. The van der Waals surface area contributed by atoms with E-state index in [-0.39, 0.29) is 36.1 Å². The lowest BCUT2D eigenvalue weighted by molar-refractivity contribution is -0.151. The van der Waals surface area contributed by atoms with Gasteiger partial charge in [0.15, 0.2) is 0 Å². The molecule has 0 aromatic heterocycles. The van der Waals surface area contributed by atoms with E-state index < -0.39 is 29.6 Å². The van der Waals surface area contributed by atoms with E-state index in [0.717, 1.165) is 0 Å². The topological polar surface area (TPSA) is 103 Å². The predicted molar refractivity (Wildman–Crippen MR) is 168 cm³/mol. The van der Waals surface area contributed by atoms with Gasteiger partial charge in [0.1, 0.15) is 28.8 Å². The third-order valence-electron chi connectivity index (χ3n) is 7.27. The molecule has 0 saturated heterocycles. The van der Waals surface area contributed by atoms with Gasteiger partial charge in [0.25, 0.3) is 5.78 Å². The third kappa shape index (κ3) is 7.39. The van der Waals surface area contributed by atoms with Gasteiger partial charge in [-0.1, -0.05) is 31.5 Å². The van der Waals surface area contributed by atoms with Crippen LogP contribution in [0.5, 0.6) is 23.0 Å². The molecule has 45 heavy (non-hydrogen) atoms. The van der Waals surface area contributed by atoms with E-state index in [1.807, 2.05) is 13.8 Å². The molecule has 238 valence electrons. The number of hydrogen-bond donors (Lipinski definition) is 1. The highest BCUT2D eigenvalue weighted by Crippen LogP contribution is 2.44. The Bertz CT molecular complexity index is 1640. The van der Waals surface area contributed by atoms with Gasteiger partial charge in [0, 0.05) is 22.7 Å². The van der Waals surface area contributed by atoms with Crippen LogP contribution in [0.3, 0.4) is 0 Å². The van der Waals surface area contributed by atoms with Crippen molar-refractivity contribution in [3.05, 3.63) is 87.7 Å². The number of hydrogen-bond acceptors (Lipinski definition) is 7. The highest BCUT2D eigenvalue weighted by Gasteiger charge is 2.42. The van der Waals surface area contributed by atoms with Crippen molar-refractivity contribution in [1.82, 2.24) is 10.2 Å². The molecule has 11 heteroatoms. The van der Waals surface area contributed by atoms with Gasteiger partial charge >= 0.3 is 12.0 Å². The van der Waals surface area contributed by atoms with Crippen LogP contribution in [0, 0.1) is 18.7 Å². The van der Waals surface area contributed by atoms with E-state index in [2.05, 4.69) is 5.32 Å². The summed E-state index contributed by atoms with van der Waals surface area (Å²) in [5.74, 6) is -0.986. The summed E-state index contributed by atoms with van der Waals surface area (Å²) in [6.07, 6.45) is 0.591. The van der Waals surface area contributed by atoms with Crippen LogP contribution < -0.4 is 19.5 Å². The van der Waals surface area contributed by atoms with Gasteiger partial charge in [-0.15, -0.1) is 0 Å². The van der Waals surface area contributed by atoms with Crippen molar-refractivity contribution < 1.29 is 37.7 Å². The van der Waals surface area contributed by atoms with Gasteiger partial charge in [0.05, 0.1) is 38.1 Å². The van der Waals surface area contributed by atoms with Crippen molar-refractivity contribution in [2.24, 2.45) is 5.92 Å². The molecule has 1 aliphatic heterocycles. The molecular weight excluding hydrogens is 603 g/mol. The zero-order valence-electron chi connectivity index (χ0n) is 26.0. The Morgan fingerprint density at radius 1 is 1.00 bits per heavy atom. The first-order valence-corrected chi connectivity index (χ1v) is 14.9. The first kappa shape index (κ1) is 33.3. The zero-order chi connectivity index (χ0) is 32.8. The van der Waals surface area contributed by atoms with Crippen LogP contribution in [0.4, 0.5) is 9.18 Å². The summed E-state index contributed by atoms with van der Waals surface area (Å²) < 4.78 is 36.5. The standard InChI is InChI=1S/C34H36ClFN2O7/c1-7-44-33(40)32(39)29-30(24-11-8-21(35)17-28(24)45-23-9-12-26(36)20(4)16-23)37-34(41)38(15-14-19(2)3)31(29)25-18-22(42-5)10-13-27(25)43-6/h8-13,16-19,30H,7,14-15H2,1-6H3,(H,37,41). The van der Waals surface area contributed by atoms with Gasteiger partial charge in [0.2, 0.25) is 0 Å². The molecule has 1 atom stereocenters. The number of ether oxygens (including phenoxy) is 4. The van der Waals surface area contributed by atoms with Crippen LogP contribution in [-0.2, 0) is 14.3 Å². The maximum absolute atomic E-state index is 14.1. The Morgan fingerprint density at radius 3 is 2.38 bits per heavy atom. The molecule has 3 aromatic rings. The lowest BCUT2D eigenvalue weighted by atomic mass is 9.88. The van der Waals surface area contributed by atoms with Crippen LogP contribution >= 0.6 is 11.6 Å². The molecule has 3 aromatic carbocycles. The Kier molecular flexibility index (Phi) is 10.7. The first-order chi connectivity index (χ1) is 21.5. The molecule has 1 aliphatic rings. The molecule has 4 rings (SSSR count). The number of carbonyl (C=O) groups is 3. The van der Waals surface area contributed by atoms with E-state index in [1.54, 1.807) is 44.2 Å². The molecule has 2 amide bonds. The third-order valence-corrected chi connectivity index (χ3v) is 7.50. The summed E-state index contributed by atoms with van der Waals surface area (Å²) in [6, 6.07) is 12.2. The predicted octanol–water partition coefficient (Wildman–Crippen LogP) is 7.25. The first-order valence-electron chi connectivity index (χ1n) is 14.5. The number of aryl methyl sites for hydroxylation is 1. The van der Waals surface area contributed by atoms with Crippen molar-refractivity contribution >= 4 is 35.1 Å². The number of benzene rings is 3. The molecule has 0 spiro atoms. The summed E-state index contributed by atoms with van der Waals surface area (Å²) in [4.78, 5) is 42.7. The van der Waals surface area contributed by atoms with E-state index >= 15 is 0 Å². The molecular formula is C34H36ClFN2O7. The minimum atomic E-state index is -1.19. The summed E-state index contributed by atoms with van der Waals surface area (Å²) >= 11 is 6.37. The molecule has 0 fully saturated rings. The van der Waals surface area contributed by atoms with Gasteiger partial charge in [-0.05, 0) is 80.3 Å². The molecule has 0 bridgehead atoms. The number of esters is 1. The van der Waals surface area contributed by atoms with Crippen molar-refractivity contribution in [2.75, 3.05) is 27.4 Å². The molecule has 9 nitrogen and oxygen atoms in total. The molecule has 1 N–H and O–H groups in total. The van der Waals surface area contributed by atoms with Gasteiger partial charge in [-0.25, -0.2) is 14.0 Å². The zero-order valence-corrected chi connectivity index (χ0v) is 26.8. The average Bonchev–Trinajstić information content (AvgIpc) is 3.01. The van der Waals surface area contributed by atoms with Crippen LogP contribution in [-0.4, -0.2) is 50.1 Å². The van der Waals surface area contributed by atoms with Crippen molar-refractivity contribution in [2.45, 2.75) is 40.2 Å². The molecule has 0 aliphatic carbocycles. The van der Waals surface area contributed by atoms with Crippen molar-refractivity contribution in [1.29, 1.82) is 0 Å². The quantitative estimate of drug-likeness (QED) is 0.165. The monoisotopic (exact) mass is 638 g/mol. The van der Waals surface area contributed by atoms with E-state index in [1.165, 1.54) is 43.4 Å². The lowest BCUT2D eigenvalue weighted by Gasteiger charge is -2.38. The van der Waals surface area contributed by atoms with Gasteiger partial charge in [-0.3, -0.25) is 9.69 Å². The Hall–Kier alpha value is -4.57. The smallest absolute Gasteiger partial charge is 0.379 e. The molecule has 0 radical (unpaired) electrons. The van der Waals surface area contributed by atoms with Crippen molar-refractivity contribution in [3.63, 3.8) is 0 Å². The summed E-state index contributed by atoms with van der Waals surface area (Å²) in [6.45, 7) is 7.41. The molecule has 1 unspecified atom stereocenters. The van der Waals surface area contributed by atoms with E-state index in [9.17, 15) is 18.8 Å². The van der Waals surface area contributed by atoms with Gasteiger partial charge < -0.3 is 24.3 Å². The average molecular weight is 639 g/mol. The van der Waals surface area contributed by atoms with E-state index in [0.29, 0.717) is 45.4 Å². The van der Waals surface area contributed by atoms with Crippen molar-refractivity contribution in [3.8, 4) is 23.0 Å². The lowest BCUT2D eigenvalue weighted by Crippen LogP contribution is -2.49. The number of amides is 2. The number of nitrogens with zero attached hydrogens (tertiary/aromatic N) is 1. The number of halogens is 2. The van der Waals surface area contributed by atoms with Crippen LogP contribution in [0.2, 0.25) is 5.02 Å². The van der Waals surface area contributed by atoms with Crippen LogP contribution in [0.25, 0.3) is 5.70 Å². The second-order valence-corrected chi connectivity index (χ2v) is 11.2. The minimum Gasteiger partial charge on any atom is -0.497 e. The Balaban J connectivity index is 2.04. The number of methoxy groups -OCH3 is 2. The number of ketones is 1. The second kappa shape index (κ2) is 14.5. The Morgan fingerprint density at radius 2 is 1.73 bits per heavy atom. The van der Waals surface area contributed by atoms with Gasteiger partial charge in [-0.2, -0.15) is 0 Å². The maximum Gasteiger partial charge on any atom is 0.379 e. The van der Waals surface area contributed by atoms with E-state index in [4.69, 9.17) is 30.5 Å². The molecule has 1 heterocycles. The SMILES string of the molecule is CCOC(=O)C(=O)C1=C(c2cc(OC)ccc2OC)N(CCC(C)C)C(=O)NC1c1ccc(Cl)cc1Oc1ccc(F)c(C)c1. The number of Topliss-reactive ketones (excluding diaryl/α,β-unsaturated/α-hetero) is 1. The normalized spacial score (nSPS) is 14.7. The minimum absolute atomic E-state index is 0.0387. The largest absolute Gasteiger partial charge is 0.497 e. The fraction of sp³-hybridized carbons (Fsp3) is 0.324. The number of carbonyl (C=O) groups excluding carboxylic acids is 3. The van der Waals surface area contributed by atoms with Crippen LogP contribution in [0.15, 0.2) is 60.2 Å².